The molecule has 0 atom stereocenters. The first-order valence-electron chi connectivity index (χ1n) is 5.21. The number of allylic oxidation sites excluding steroid dienone is 2. The van der Waals surface area contributed by atoms with Gasteiger partial charge in [0.05, 0.1) is 11.1 Å². The summed E-state index contributed by atoms with van der Waals surface area (Å²) >= 11 is 0. The van der Waals surface area contributed by atoms with Crippen molar-refractivity contribution in [3.8, 4) is 0 Å². The average molecular weight is 222 g/mol. The lowest BCUT2D eigenvalue weighted by Gasteiger charge is -2.36. The van der Waals surface area contributed by atoms with Crippen LogP contribution >= 0.6 is 0 Å². The molecule has 0 aliphatic carbocycles. The van der Waals surface area contributed by atoms with Gasteiger partial charge in [0.2, 0.25) is 0 Å². The van der Waals surface area contributed by atoms with E-state index in [0.717, 1.165) is 10.1 Å². The first-order chi connectivity index (χ1) is 7.30. The number of nitrogens with zero attached hydrogens (tertiary/aromatic N) is 3. The third kappa shape index (κ3) is 1.15. The molecule has 2 aliphatic heterocycles. The molecule has 0 bridgehead atoms. The molecule has 0 aromatic carbocycles. The van der Waals surface area contributed by atoms with Crippen molar-refractivity contribution in [2.45, 2.75) is 38.8 Å². The molecule has 5 heteroatoms. The van der Waals surface area contributed by atoms with Gasteiger partial charge >= 0.3 is 0 Å². The van der Waals surface area contributed by atoms with Crippen molar-refractivity contribution >= 4 is 6.21 Å². The van der Waals surface area contributed by atoms with Gasteiger partial charge in [-0.2, -0.15) is 5.06 Å². The van der Waals surface area contributed by atoms with Gasteiger partial charge in [-0.3, -0.25) is 10.2 Å². The van der Waals surface area contributed by atoms with E-state index in [2.05, 4.69) is 4.99 Å². The summed E-state index contributed by atoms with van der Waals surface area (Å²) in [5, 5.41) is 24.1. The molecular formula is C11H16N3O2. The van der Waals surface area contributed by atoms with Crippen molar-refractivity contribution in [1.82, 2.24) is 10.1 Å². The van der Waals surface area contributed by atoms with Gasteiger partial charge in [0.25, 0.3) is 0 Å². The molecule has 0 spiro atoms. The van der Waals surface area contributed by atoms with E-state index < -0.39 is 11.1 Å². The van der Waals surface area contributed by atoms with E-state index in [1.807, 2.05) is 13.8 Å². The lowest BCUT2D eigenvalue weighted by Crippen LogP contribution is -2.52. The highest BCUT2D eigenvalue weighted by Crippen LogP contribution is 2.44. The lowest BCUT2D eigenvalue weighted by molar-refractivity contribution is -0.181. The predicted molar refractivity (Wildman–Crippen MR) is 59.0 cm³/mol. The molecule has 0 aromatic heterocycles. The van der Waals surface area contributed by atoms with Crippen LogP contribution in [0.25, 0.3) is 0 Å². The number of hydroxylamine groups is 4. The fourth-order valence-corrected chi connectivity index (χ4v) is 1.77. The topological polar surface area (TPSA) is 59.0 Å². The zero-order valence-corrected chi connectivity index (χ0v) is 9.93. The average Bonchev–Trinajstić information content (AvgIpc) is 2.73. The van der Waals surface area contributed by atoms with E-state index in [1.165, 1.54) is 0 Å². The highest BCUT2D eigenvalue weighted by molar-refractivity contribution is 5.77. The molecule has 2 aliphatic rings. The van der Waals surface area contributed by atoms with E-state index in [0.29, 0.717) is 5.70 Å². The molecule has 0 aromatic rings. The zero-order chi connectivity index (χ0) is 12.1. The highest BCUT2D eigenvalue weighted by atomic mass is 16.6. The Bertz CT molecular complexity index is 371. The van der Waals surface area contributed by atoms with Crippen molar-refractivity contribution in [3.63, 3.8) is 0 Å². The molecule has 1 saturated heterocycles. The van der Waals surface area contributed by atoms with Crippen molar-refractivity contribution < 1.29 is 10.4 Å². The molecule has 1 N–H and O–H groups in total. The Kier molecular flexibility index (Phi) is 2.15. The molecule has 87 valence electrons. The fraction of sp³-hybridized carbons (Fsp3) is 0.545. The Balaban J connectivity index is 2.56. The van der Waals surface area contributed by atoms with E-state index in [9.17, 15) is 10.4 Å². The Morgan fingerprint density at radius 2 is 1.88 bits per heavy atom. The molecule has 2 rings (SSSR count). The molecule has 16 heavy (non-hydrogen) atoms. The number of rotatable bonds is 0. The van der Waals surface area contributed by atoms with Crippen LogP contribution in [0.15, 0.2) is 28.7 Å². The lowest BCUT2D eigenvalue weighted by atomic mass is 9.84. The van der Waals surface area contributed by atoms with Crippen LogP contribution in [0, 0.1) is 0 Å². The molecular weight excluding hydrogens is 206 g/mol. The van der Waals surface area contributed by atoms with Crippen LogP contribution in [-0.2, 0) is 5.21 Å². The van der Waals surface area contributed by atoms with E-state index in [1.54, 1.807) is 32.2 Å². The van der Waals surface area contributed by atoms with Crippen molar-refractivity contribution in [2.75, 3.05) is 0 Å². The van der Waals surface area contributed by atoms with E-state index >= 15 is 0 Å². The van der Waals surface area contributed by atoms with Gasteiger partial charge < -0.3 is 0 Å². The van der Waals surface area contributed by atoms with Gasteiger partial charge in [-0.25, -0.2) is 5.06 Å². The summed E-state index contributed by atoms with van der Waals surface area (Å²) in [6.45, 7) is 7.26. The predicted octanol–water partition coefficient (Wildman–Crippen LogP) is 1.71. The standard InChI is InChI=1S/C11H16N3O2/c1-10(2)11(3,4)14(16)9(13(10)15)8-6-5-7-12-8/h5-7,15H,1-4H3/b9-8+. The summed E-state index contributed by atoms with van der Waals surface area (Å²) in [6.07, 6.45) is 5.05. The van der Waals surface area contributed by atoms with Crippen LogP contribution in [0.1, 0.15) is 27.7 Å². The van der Waals surface area contributed by atoms with Gasteiger partial charge in [0.1, 0.15) is 5.70 Å². The smallest absolute Gasteiger partial charge is 0.183 e. The van der Waals surface area contributed by atoms with Crippen LogP contribution in [0.2, 0.25) is 0 Å². The number of hydrogen-bond donors (Lipinski definition) is 1. The third-order valence-electron chi connectivity index (χ3n) is 3.71. The van der Waals surface area contributed by atoms with Gasteiger partial charge in [0, 0.05) is 6.21 Å². The molecule has 1 fully saturated rings. The largest absolute Gasteiger partial charge is 0.286 e. The maximum atomic E-state index is 12.2. The summed E-state index contributed by atoms with van der Waals surface area (Å²) in [5.74, 6) is 0.208. The summed E-state index contributed by atoms with van der Waals surface area (Å²) in [6, 6.07) is 0. The van der Waals surface area contributed by atoms with Crippen LogP contribution in [0.4, 0.5) is 0 Å². The Morgan fingerprint density at radius 1 is 1.25 bits per heavy atom. The first-order valence-corrected chi connectivity index (χ1v) is 5.21. The van der Waals surface area contributed by atoms with E-state index in [4.69, 9.17) is 0 Å². The van der Waals surface area contributed by atoms with Crippen LogP contribution in [0.3, 0.4) is 0 Å². The SMILES string of the molecule is CC1(C)N([O])/C(=C2\C=CC=N2)N(O)C1(C)C. The Labute approximate surface area is 94.9 Å². The molecule has 0 unspecified atom stereocenters. The van der Waals surface area contributed by atoms with Crippen molar-refractivity contribution in [2.24, 2.45) is 4.99 Å². The zero-order valence-electron chi connectivity index (χ0n) is 9.93. The minimum absolute atomic E-state index is 0.208. The summed E-state index contributed by atoms with van der Waals surface area (Å²) in [7, 11) is 0. The summed E-state index contributed by atoms with van der Waals surface area (Å²) in [4.78, 5) is 4.05. The summed E-state index contributed by atoms with van der Waals surface area (Å²) in [5.41, 5.74) is -0.879. The minimum Gasteiger partial charge on any atom is -0.286 e. The van der Waals surface area contributed by atoms with Crippen LogP contribution in [-0.4, -0.2) is 32.6 Å². The van der Waals surface area contributed by atoms with Gasteiger partial charge in [-0.05, 0) is 39.8 Å². The van der Waals surface area contributed by atoms with Crippen molar-refractivity contribution in [1.29, 1.82) is 0 Å². The van der Waals surface area contributed by atoms with Crippen LogP contribution < -0.4 is 0 Å². The van der Waals surface area contributed by atoms with Crippen molar-refractivity contribution in [3.05, 3.63) is 23.7 Å². The minimum atomic E-state index is -0.712. The molecule has 0 saturated carbocycles. The highest BCUT2D eigenvalue weighted by Gasteiger charge is 2.57. The normalized spacial score (nSPS) is 30.6. The number of hydrogen-bond acceptors (Lipinski definition) is 4. The third-order valence-corrected chi connectivity index (χ3v) is 3.71. The van der Waals surface area contributed by atoms with E-state index in [-0.39, 0.29) is 5.82 Å². The van der Waals surface area contributed by atoms with Crippen LogP contribution in [0.5, 0.6) is 0 Å². The fourth-order valence-electron chi connectivity index (χ4n) is 1.77. The van der Waals surface area contributed by atoms with Gasteiger partial charge in [0.15, 0.2) is 5.82 Å². The summed E-state index contributed by atoms with van der Waals surface area (Å²) < 4.78 is 0. The Morgan fingerprint density at radius 3 is 2.25 bits per heavy atom. The number of aliphatic imine (C=N–C) groups is 1. The molecule has 2 heterocycles. The second-order valence-corrected chi connectivity index (χ2v) is 5.07. The maximum Gasteiger partial charge on any atom is 0.183 e. The van der Waals surface area contributed by atoms with Gasteiger partial charge in [-0.1, -0.05) is 5.21 Å². The Hall–Kier alpha value is -1.33. The second kappa shape index (κ2) is 3.09. The second-order valence-electron chi connectivity index (χ2n) is 5.07. The monoisotopic (exact) mass is 222 g/mol. The molecule has 5 nitrogen and oxygen atoms in total. The quantitative estimate of drug-likeness (QED) is 0.678. The molecule has 0 amide bonds. The van der Waals surface area contributed by atoms with Gasteiger partial charge in [-0.15, -0.1) is 0 Å². The maximum absolute atomic E-state index is 12.2. The molecule has 1 radical (unpaired) electrons. The first kappa shape index (κ1) is 11.2.